The molecule has 1 aliphatic rings. The average molecular weight is 877 g/mol. The van der Waals surface area contributed by atoms with Gasteiger partial charge in [0.25, 0.3) is 0 Å². The van der Waals surface area contributed by atoms with Crippen molar-refractivity contribution in [3.8, 4) is 0 Å². The number of ether oxygens (including phenoxy) is 2. The third kappa shape index (κ3) is 14.3. The van der Waals surface area contributed by atoms with Crippen molar-refractivity contribution in [2.24, 2.45) is 29.6 Å². The van der Waals surface area contributed by atoms with Crippen molar-refractivity contribution in [1.29, 1.82) is 0 Å². The number of Topliss-reactive ketones (excluding diaryl/α,β-unsaturated/α-hetero) is 2. The minimum atomic E-state index is -1.14. The highest BCUT2D eigenvalue weighted by molar-refractivity contribution is 5.95. The van der Waals surface area contributed by atoms with Crippen molar-refractivity contribution in [2.75, 3.05) is 34.9 Å². The van der Waals surface area contributed by atoms with E-state index in [9.17, 15) is 33.9 Å². The number of hydrogen-bond acceptors (Lipinski definition) is 9. The molecule has 3 amide bonds. The zero-order chi connectivity index (χ0) is 47.1. The van der Waals surface area contributed by atoms with Crippen molar-refractivity contribution >= 4 is 35.3 Å². The largest absolute Gasteiger partial charge is 0.480 e. The summed E-state index contributed by atoms with van der Waals surface area (Å²) in [4.78, 5) is 86.6. The molecular weight excluding hydrogens is 801 g/mol. The second-order valence-corrected chi connectivity index (χ2v) is 18.3. The Bertz CT molecular complexity index is 1800. The number of aliphatic carboxylic acids is 1. The summed E-state index contributed by atoms with van der Waals surface area (Å²) >= 11 is 0. The van der Waals surface area contributed by atoms with Crippen LogP contribution in [0.2, 0.25) is 0 Å². The highest BCUT2D eigenvalue weighted by Crippen LogP contribution is 2.31. The maximum atomic E-state index is 14.6. The van der Waals surface area contributed by atoms with Crippen LogP contribution in [0.3, 0.4) is 0 Å². The van der Waals surface area contributed by atoms with Crippen LogP contribution < -0.4 is 5.32 Å². The number of carboxylic acid groups (broad SMARTS) is 1. The van der Waals surface area contributed by atoms with E-state index < -0.39 is 60.1 Å². The molecule has 3 rings (SSSR count). The van der Waals surface area contributed by atoms with E-state index in [4.69, 9.17) is 9.47 Å². The lowest BCUT2D eigenvalue weighted by molar-refractivity contribution is -0.149. The summed E-state index contributed by atoms with van der Waals surface area (Å²) in [6.07, 6.45) is 1.23. The van der Waals surface area contributed by atoms with Gasteiger partial charge in [-0.3, -0.25) is 28.9 Å². The zero-order valence-corrected chi connectivity index (χ0v) is 40.0. The van der Waals surface area contributed by atoms with Crippen LogP contribution in [0.1, 0.15) is 115 Å². The summed E-state index contributed by atoms with van der Waals surface area (Å²) in [6, 6.07) is 14.1. The highest BCUT2D eigenvalue weighted by atomic mass is 16.5. The zero-order valence-electron chi connectivity index (χ0n) is 40.0. The topological polar surface area (TPSA) is 163 Å². The Morgan fingerprint density at radius 1 is 0.841 bits per heavy atom. The molecule has 2 aromatic carbocycles. The summed E-state index contributed by atoms with van der Waals surface area (Å²) < 4.78 is 12.0. The van der Waals surface area contributed by atoms with Gasteiger partial charge in [-0.05, 0) is 48.8 Å². The number of carbonyl (C=O) groups is 6. The number of carboxylic acids is 1. The summed E-state index contributed by atoms with van der Waals surface area (Å²) in [5, 5.41) is 12.6. The van der Waals surface area contributed by atoms with Gasteiger partial charge >= 0.3 is 5.97 Å². The number of likely N-dealkylation sites (N-methyl/N-ethyl adjacent to an activating group) is 2. The summed E-state index contributed by atoms with van der Waals surface area (Å²) in [7, 11) is 6.71. The first-order valence-electron chi connectivity index (χ1n) is 22.8. The molecule has 350 valence electrons. The van der Waals surface area contributed by atoms with Crippen LogP contribution in [0, 0.1) is 29.6 Å². The molecule has 2 aromatic rings. The first-order chi connectivity index (χ1) is 29.8. The average Bonchev–Trinajstić information content (AvgIpc) is 3.74. The first kappa shape index (κ1) is 52.9. The molecule has 0 aliphatic carbocycles. The van der Waals surface area contributed by atoms with E-state index in [1.807, 2.05) is 115 Å². The van der Waals surface area contributed by atoms with Crippen LogP contribution in [0.25, 0.3) is 0 Å². The number of methoxy groups -OCH3 is 2. The molecule has 0 spiro atoms. The van der Waals surface area contributed by atoms with Gasteiger partial charge in [0.1, 0.15) is 6.04 Å². The lowest BCUT2D eigenvalue weighted by Gasteiger charge is -2.41. The minimum Gasteiger partial charge on any atom is -0.480 e. The number of carbonyl (C=O) groups excluding carboxylic acids is 5. The Kier molecular flexibility index (Phi) is 21.1. The minimum absolute atomic E-state index is 0.0188. The van der Waals surface area contributed by atoms with Crippen molar-refractivity contribution in [2.45, 2.75) is 143 Å². The highest BCUT2D eigenvalue weighted by Gasteiger charge is 2.43. The lowest BCUT2D eigenvalue weighted by Crippen LogP contribution is -2.55. The molecule has 0 unspecified atom stereocenters. The Morgan fingerprint density at radius 3 is 2.00 bits per heavy atom. The molecule has 0 radical (unpaired) electrons. The van der Waals surface area contributed by atoms with E-state index >= 15 is 0 Å². The molecule has 63 heavy (non-hydrogen) atoms. The Morgan fingerprint density at radius 2 is 1.48 bits per heavy atom. The van der Waals surface area contributed by atoms with Crippen LogP contribution in [0.5, 0.6) is 0 Å². The predicted octanol–water partition coefficient (Wildman–Crippen LogP) is 6.70. The molecule has 0 aromatic heterocycles. The number of likely N-dealkylation sites (tertiary alicyclic amines) is 1. The Balaban J connectivity index is 1.78. The van der Waals surface area contributed by atoms with Crippen LogP contribution in [0.4, 0.5) is 0 Å². The van der Waals surface area contributed by atoms with Crippen LogP contribution in [-0.2, 0) is 46.4 Å². The molecule has 1 heterocycles. The van der Waals surface area contributed by atoms with E-state index in [0.717, 1.165) is 11.1 Å². The number of benzene rings is 2. The molecule has 9 atom stereocenters. The van der Waals surface area contributed by atoms with Gasteiger partial charge in [-0.25, -0.2) is 4.79 Å². The maximum absolute atomic E-state index is 14.6. The van der Waals surface area contributed by atoms with E-state index in [1.54, 1.807) is 30.9 Å². The first-order valence-corrected chi connectivity index (χ1v) is 22.8. The fourth-order valence-corrected chi connectivity index (χ4v) is 9.38. The second-order valence-electron chi connectivity index (χ2n) is 18.3. The second kappa shape index (κ2) is 25.1. The molecule has 1 saturated heterocycles. The van der Waals surface area contributed by atoms with Gasteiger partial charge in [0.05, 0.1) is 42.7 Å². The van der Waals surface area contributed by atoms with E-state index in [0.29, 0.717) is 44.3 Å². The van der Waals surface area contributed by atoms with Gasteiger partial charge in [0.15, 0.2) is 11.6 Å². The van der Waals surface area contributed by atoms with Crippen molar-refractivity contribution in [3.05, 3.63) is 71.3 Å². The number of rotatable bonds is 26. The van der Waals surface area contributed by atoms with Gasteiger partial charge < -0.3 is 29.7 Å². The molecule has 13 heteroatoms. The number of nitrogens with one attached hydrogen (secondary N) is 1. The lowest BCUT2D eigenvalue weighted by atomic mass is 9.83. The third-order valence-corrected chi connectivity index (χ3v) is 13.2. The van der Waals surface area contributed by atoms with Gasteiger partial charge in [-0.15, -0.1) is 0 Å². The normalized spacial score (nSPS) is 18.0. The third-order valence-electron chi connectivity index (χ3n) is 13.2. The van der Waals surface area contributed by atoms with Crippen molar-refractivity contribution < 1.29 is 43.3 Å². The van der Waals surface area contributed by atoms with Crippen LogP contribution in [-0.4, -0.2) is 126 Å². The molecular formula is C50H76N4O9. The van der Waals surface area contributed by atoms with Gasteiger partial charge in [0, 0.05) is 65.1 Å². The molecule has 2 N–H and O–H groups in total. The Labute approximate surface area is 376 Å². The van der Waals surface area contributed by atoms with Crippen molar-refractivity contribution in [3.63, 3.8) is 0 Å². The molecule has 0 bridgehead atoms. The van der Waals surface area contributed by atoms with Gasteiger partial charge in [-0.1, -0.05) is 116 Å². The summed E-state index contributed by atoms with van der Waals surface area (Å²) in [5.74, 6) is -3.53. The number of amides is 3. The predicted molar refractivity (Wildman–Crippen MR) is 245 cm³/mol. The number of nitrogens with zero attached hydrogens (tertiary/aromatic N) is 3. The van der Waals surface area contributed by atoms with Gasteiger partial charge in [0.2, 0.25) is 17.7 Å². The summed E-state index contributed by atoms with van der Waals surface area (Å²) in [5.41, 5.74) is 2.43. The monoisotopic (exact) mass is 877 g/mol. The standard InChI is InChI=1S/C50H76N4O9/c1-13-33(7)46(53(10)49(59)38(31(3)4)28-42(56)45(32(5)6)52(9)30-36-22-24-37(25-23-36)41(55)14-2)43(62-11)29-44(57)54-26-18-21-40(54)47(63-12)34(8)48(58)51-39(50(60)61)27-35-19-16-15-17-20-35/h15-17,19-20,22-25,31-34,38-40,43,45-47H,13-14,18,21,26-30H2,1-12H3,(H,51,58)(H,60,61)/t33-,34-,38-,39+,40+,43+,45-,46-,47-/m0/s1. The Hall–Kier alpha value is -4.46. The van der Waals surface area contributed by atoms with E-state index in [2.05, 4.69) is 5.32 Å². The molecule has 0 saturated carbocycles. The van der Waals surface area contributed by atoms with E-state index in [1.165, 1.54) is 7.11 Å². The molecule has 1 aliphatic heterocycles. The van der Waals surface area contributed by atoms with Crippen LogP contribution >= 0.6 is 0 Å². The van der Waals surface area contributed by atoms with Crippen molar-refractivity contribution in [1.82, 2.24) is 20.0 Å². The molecule has 13 nitrogen and oxygen atoms in total. The van der Waals surface area contributed by atoms with Gasteiger partial charge in [-0.2, -0.15) is 0 Å². The van der Waals surface area contributed by atoms with Crippen LogP contribution in [0.15, 0.2) is 54.6 Å². The number of hydrogen-bond donors (Lipinski definition) is 2. The smallest absolute Gasteiger partial charge is 0.326 e. The summed E-state index contributed by atoms with van der Waals surface area (Å²) in [6.45, 7) is 16.5. The quantitative estimate of drug-likeness (QED) is 0.0974. The SMILES string of the molecule is CCC(=O)c1ccc(CN(C)[C@H](C(=O)C[C@H](C(=O)N(C)[C@@H]([C@@H](C)CC)[C@@H](CC(=O)N2CCC[C@@H]2[C@@H](OC)[C@H](C)C(=O)N[C@H](Cc2ccccc2)C(=O)O)OC)C(C)C)C(C)C)cc1. The molecule has 1 fully saturated rings. The maximum Gasteiger partial charge on any atom is 0.326 e. The number of ketones is 2. The fraction of sp³-hybridized carbons (Fsp3) is 0.640. The van der Waals surface area contributed by atoms with E-state index in [-0.39, 0.29) is 60.4 Å². The fourth-order valence-electron chi connectivity index (χ4n) is 9.38.